The van der Waals surface area contributed by atoms with Gasteiger partial charge in [-0.3, -0.25) is 9.59 Å². The van der Waals surface area contributed by atoms with Gasteiger partial charge in [-0.1, -0.05) is 13.0 Å². The first-order valence-corrected chi connectivity index (χ1v) is 7.17. The molecule has 1 unspecified atom stereocenters. The molecule has 2 N–H and O–H groups in total. The number of nitrogens with zero attached hydrogens (tertiary/aromatic N) is 2. The van der Waals surface area contributed by atoms with E-state index in [4.69, 9.17) is 5.73 Å². The van der Waals surface area contributed by atoms with Gasteiger partial charge < -0.3 is 15.5 Å². The highest BCUT2D eigenvalue weighted by Crippen LogP contribution is 2.29. The summed E-state index contributed by atoms with van der Waals surface area (Å²) in [5.74, 6) is -0.126. The van der Waals surface area contributed by atoms with Gasteiger partial charge in [-0.2, -0.15) is 0 Å². The minimum Gasteiger partial charge on any atom is -0.345 e. The molecule has 1 fully saturated rings. The summed E-state index contributed by atoms with van der Waals surface area (Å²) in [5, 5.41) is 0. The number of carbonyl (C=O) groups is 2. The first-order valence-electron chi connectivity index (χ1n) is 7.17. The number of amides is 2. The van der Waals surface area contributed by atoms with Gasteiger partial charge >= 0.3 is 0 Å². The Morgan fingerprint density at radius 1 is 1.33 bits per heavy atom. The molecule has 0 saturated carbocycles. The standard InChI is InChI=1S/C16H23N3O2/c1-16(10-17)7-8-19(11-16)15(21)13-6-4-5-12(9-13)14(20)18(2)3/h4-6,9H,7-8,10-11,17H2,1-3H3. The van der Waals surface area contributed by atoms with Crippen LogP contribution in [0.15, 0.2) is 24.3 Å². The van der Waals surface area contributed by atoms with Crippen molar-refractivity contribution in [2.75, 3.05) is 33.7 Å². The molecule has 1 aliphatic heterocycles. The summed E-state index contributed by atoms with van der Waals surface area (Å²) in [4.78, 5) is 27.9. The Labute approximate surface area is 125 Å². The smallest absolute Gasteiger partial charge is 0.253 e. The van der Waals surface area contributed by atoms with Crippen molar-refractivity contribution in [1.82, 2.24) is 9.80 Å². The third-order valence-electron chi connectivity index (χ3n) is 4.10. The first kappa shape index (κ1) is 15.5. The summed E-state index contributed by atoms with van der Waals surface area (Å²) in [6, 6.07) is 6.91. The van der Waals surface area contributed by atoms with Crippen molar-refractivity contribution in [3.05, 3.63) is 35.4 Å². The maximum absolute atomic E-state index is 12.6. The molecule has 1 atom stereocenters. The molecule has 5 heteroatoms. The van der Waals surface area contributed by atoms with Crippen LogP contribution in [0.25, 0.3) is 0 Å². The van der Waals surface area contributed by atoms with Crippen LogP contribution in [0.2, 0.25) is 0 Å². The molecule has 0 bridgehead atoms. The molecule has 1 heterocycles. The van der Waals surface area contributed by atoms with E-state index >= 15 is 0 Å². The van der Waals surface area contributed by atoms with E-state index in [1.54, 1.807) is 38.4 Å². The first-order chi connectivity index (χ1) is 9.86. The van der Waals surface area contributed by atoms with Crippen molar-refractivity contribution in [2.24, 2.45) is 11.1 Å². The van der Waals surface area contributed by atoms with Crippen LogP contribution in [-0.4, -0.2) is 55.3 Å². The normalized spacial score (nSPS) is 21.4. The minimum atomic E-state index is -0.0992. The topological polar surface area (TPSA) is 66.6 Å². The predicted molar refractivity (Wildman–Crippen MR) is 82.1 cm³/mol. The highest BCUT2D eigenvalue weighted by Gasteiger charge is 2.35. The van der Waals surface area contributed by atoms with Crippen LogP contribution >= 0.6 is 0 Å². The van der Waals surface area contributed by atoms with Gasteiger partial charge in [0.25, 0.3) is 11.8 Å². The van der Waals surface area contributed by atoms with Gasteiger partial charge in [-0.05, 0) is 36.6 Å². The van der Waals surface area contributed by atoms with Gasteiger partial charge in [0.05, 0.1) is 0 Å². The number of hydrogen-bond acceptors (Lipinski definition) is 3. The predicted octanol–water partition coefficient (Wildman–Crippen LogP) is 1.20. The number of hydrogen-bond donors (Lipinski definition) is 1. The molecule has 1 saturated heterocycles. The monoisotopic (exact) mass is 289 g/mol. The fourth-order valence-electron chi connectivity index (χ4n) is 2.59. The Hall–Kier alpha value is -1.88. The molecule has 1 aliphatic rings. The van der Waals surface area contributed by atoms with E-state index < -0.39 is 0 Å². The fourth-order valence-corrected chi connectivity index (χ4v) is 2.59. The average Bonchev–Trinajstić information content (AvgIpc) is 2.89. The molecule has 0 radical (unpaired) electrons. The van der Waals surface area contributed by atoms with E-state index in [9.17, 15) is 9.59 Å². The number of rotatable bonds is 3. The third-order valence-corrected chi connectivity index (χ3v) is 4.10. The summed E-state index contributed by atoms with van der Waals surface area (Å²) < 4.78 is 0. The van der Waals surface area contributed by atoms with Gasteiger partial charge in [-0.15, -0.1) is 0 Å². The highest BCUT2D eigenvalue weighted by molar-refractivity contribution is 5.99. The van der Waals surface area contributed by atoms with Crippen LogP contribution in [0.1, 0.15) is 34.1 Å². The zero-order valence-corrected chi connectivity index (χ0v) is 12.9. The summed E-state index contributed by atoms with van der Waals surface area (Å²) in [7, 11) is 3.40. The van der Waals surface area contributed by atoms with Crippen LogP contribution in [0, 0.1) is 5.41 Å². The zero-order valence-electron chi connectivity index (χ0n) is 12.9. The lowest BCUT2D eigenvalue weighted by molar-refractivity contribution is 0.0777. The third kappa shape index (κ3) is 3.24. The lowest BCUT2D eigenvalue weighted by atomic mass is 9.90. The molecular formula is C16H23N3O2. The second kappa shape index (κ2) is 5.85. The van der Waals surface area contributed by atoms with E-state index in [1.807, 2.05) is 4.90 Å². The van der Waals surface area contributed by atoms with Gasteiger partial charge in [0, 0.05) is 38.3 Å². The molecule has 2 amide bonds. The molecular weight excluding hydrogens is 266 g/mol. The molecule has 2 rings (SSSR count). The lowest BCUT2D eigenvalue weighted by Gasteiger charge is -2.22. The number of carbonyl (C=O) groups excluding carboxylic acids is 2. The quantitative estimate of drug-likeness (QED) is 0.909. The molecule has 0 aromatic heterocycles. The van der Waals surface area contributed by atoms with Crippen LogP contribution in [-0.2, 0) is 0 Å². The zero-order chi connectivity index (χ0) is 15.6. The lowest BCUT2D eigenvalue weighted by Crippen LogP contribution is -2.34. The summed E-state index contributed by atoms with van der Waals surface area (Å²) in [6.07, 6.45) is 0.922. The van der Waals surface area contributed by atoms with Crippen molar-refractivity contribution in [3.63, 3.8) is 0 Å². The average molecular weight is 289 g/mol. The van der Waals surface area contributed by atoms with E-state index in [1.165, 1.54) is 4.90 Å². The van der Waals surface area contributed by atoms with Gasteiger partial charge in [0.15, 0.2) is 0 Å². The SMILES string of the molecule is CN(C)C(=O)c1cccc(C(=O)N2CCC(C)(CN)C2)c1. The van der Waals surface area contributed by atoms with E-state index in [0.717, 1.165) is 13.0 Å². The van der Waals surface area contributed by atoms with E-state index in [0.29, 0.717) is 24.2 Å². The molecule has 21 heavy (non-hydrogen) atoms. The molecule has 0 aliphatic carbocycles. The largest absolute Gasteiger partial charge is 0.345 e. The highest BCUT2D eigenvalue weighted by atomic mass is 16.2. The Morgan fingerprint density at radius 3 is 2.57 bits per heavy atom. The Bertz CT molecular complexity index is 556. The molecule has 1 aromatic rings. The second-order valence-electron chi connectivity index (χ2n) is 6.27. The molecule has 5 nitrogen and oxygen atoms in total. The van der Waals surface area contributed by atoms with Crippen LogP contribution in [0.4, 0.5) is 0 Å². The fraction of sp³-hybridized carbons (Fsp3) is 0.500. The second-order valence-corrected chi connectivity index (χ2v) is 6.27. The van der Waals surface area contributed by atoms with Gasteiger partial charge in [-0.25, -0.2) is 0 Å². The maximum Gasteiger partial charge on any atom is 0.253 e. The summed E-state index contributed by atoms with van der Waals surface area (Å²) >= 11 is 0. The van der Waals surface area contributed by atoms with Gasteiger partial charge in [0.2, 0.25) is 0 Å². The van der Waals surface area contributed by atoms with Crippen molar-refractivity contribution in [3.8, 4) is 0 Å². The number of nitrogens with two attached hydrogens (primary N) is 1. The Kier molecular flexibility index (Phi) is 4.32. The van der Waals surface area contributed by atoms with E-state index in [2.05, 4.69) is 6.92 Å². The van der Waals surface area contributed by atoms with Crippen LogP contribution in [0.5, 0.6) is 0 Å². The van der Waals surface area contributed by atoms with Crippen molar-refractivity contribution in [2.45, 2.75) is 13.3 Å². The Morgan fingerprint density at radius 2 is 2.00 bits per heavy atom. The van der Waals surface area contributed by atoms with Crippen molar-refractivity contribution >= 4 is 11.8 Å². The van der Waals surface area contributed by atoms with Crippen LogP contribution < -0.4 is 5.73 Å². The molecule has 1 aromatic carbocycles. The summed E-state index contributed by atoms with van der Waals surface area (Å²) in [6.45, 7) is 4.08. The number of benzene rings is 1. The maximum atomic E-state index is 12.6. The Balaban J connectivity index is 2.17. The van der Waals surface area contributed by atoms with Crippen molar-refractivity contribution < 1.29 is 9.59 Å². The molecule has 114 valence electrons. The number of likely N-dealkylation sites (tertiary alicyclic amines) is 1. The summed E-state index contributed by atoms with van der Waals surface area (Å²) in [5.41, 5.74) is 6.88. The minimum absolute atomic E-state index is 0.00667. The molecule has 0 spiro atoms. The van der Waals surface area contributed by atoms with Gasteiger partial charge in [0.1, 0.15) is 0 Å². The van der Waals surface area contributed by atoms with Crippen LogP contribution in [0.3, 0.4) is 0 Å². The van der Waals surface area contributed by atoms with Crippen molar-refractivity contribution in [1.29, 1.82) is 0 Å². The van der Waals surface area contributed by atoms with E-state index in [-0.39, 0.29) is 17.2 Å².